The fourth-order valence-corrected chi connectivity index (χ4v) is 2.48. The fourth-order valence-electron chi connectivity index (χ4n) is 2.28. The van der Waals surface area contributed by atoms with Gasteiger partial charge in [-0.2, -0.15) is 0 Å². The smallest absolute Gasteiger partial charge is 0.261 e. The first-order valence-corrected chi connectivity index (χ1v) is 6.83. The van der Waals surface area contributed by atoms with Crippen LogP contribution in [-0.4, -0.2) is 17.4 Å². The Kier molecular flexibility index (Phi) is 3.61. The number of halogens is 1. The molecule has 102 valence electrons. The fraction of sp³-hybridized carbons (Fsp3) is 0.188. The minimum absolute atomic E-state index is 0.0128. The quantitative estimate of drug-likeness (QED) is 0.848. The van der Waals surface area contributed by atoms with Gasteiger partial charge in [-0.05, 0) is 23.8 Å². The van der Waals surface area contributed by atoms with E-state index in [-0.39, 0.29) is 12.5 Å². The van der Waals surface area contributed by atoms with E-state index in [1.807, 2.05) is 42.5 Å². The summed E-state index contributed by atoms with van der Waals surface area (Å²) < 4.78 is 5.53. The third kappa shape index (κ3) is 2.78. The third-order valence-corrected chi connectivity index (χ3v) is 3.54. The predicted octanol–water partition coefficient (Wildman–Crippen LogP) is 3.26. The van der Waals surface area contributed by atoms with E-state index >= 15 is 0 Å². The Morgan fingerprint density at radius 1 is 1.15 bits per heavy atom. The molecule has 20 heavy (non-hydrogen) atoms. The molecule has 0 aliphatic carbocycles. The molecule has 2 aromatic carbocycles. The Bertz CT molecular complexity index is 628. The second-order valence-electron chi connectivity index (χ2n) is 4.78. The van der Waals surface area contributed by atoms with E-state index in [4.69, 9.17) is 16.3 Å². The van der Waals surface area contributed by atoms with Crippen LogP contribution in [0, 0.1) is 0 Å². The van der Waals surface area contributed by atoms with Crippen LogP contribution >= 0.6 is 11.6 Å². The summed E-state index contributed by atoms with van der Waals surface area (Å²) in [4.78, 5) is 13.9. The largest absolute Gasteiger partial charge is 0.483 e. The number of benzene rings is 2. The van der Waals surface area contributed by atoms with Gasteiger partial charge in [0.15, 0.2) is 6.61 Å². The minimum atomic E-state index is -0.0128. The summed E-state index contributed by atoms with van der Waals surface area (Å²) in [5.41, 5.74) is 2.05. The van der Waals surface area contributed by atoms with Crippen LogP contribution in [0.1, 0.15) is 11.1 Å². The Balaban J connectivity index is 1.86. The molecule has 1 heterocycles. The molecule has 1 aliphatic rings. The number of hydrogen-bond donors (Lipinski definition) is 0. The summed E-state index contributed by atoms with van der Waals surface area (Å²) in [5.74, 6) is 0.722. The Labute approximate surface area is 122 Å². The molecule has 0 saturated carbocycles. The van der Waals surface area contributed by atoms with Gasteiger partial charge in [-0.15, -0.1) is 0 Å². The average Bonchev–Trinajstić information content (AvgIpc) is 2.60. The highest BCUT2D eigenvalue weighted by Gasteiger charge is 2.21. The summed E-state index contributed by atoms with van der Waals surface area (Å²) in [6.45, 7) is 1.17. The number of nitrogens with zero attached hydrogens (tertiary/aromatic N) is 1. The molecule has 0 fully saturated rings. The van der Waals surface area contributed by atoms with Gasteiger partial charge in [0.2, 0.25) is 0 Å². The minimum Gasteiger partial charge on any atom is -0.483 e. The average molecular weight is 288 g/mol. The van der Waals surface area contributed by atoms with Crippen molar-refractivity contribution in [1.29, 1.82) is 0 Å². The van der Waals surface area contributed by atoms with Gasteiger partial charge in [0.1, 0.15) is 5.75 Å². The van der Waals surface area contributed by atoms with Crippen molar-refractivity contribution in [3.8, 4) is 5.75 Å². The molecule has 3 rings (SSSR count). The molecule has 3 nitrogen and oxygen atoms in total. The van der Waals surface area contributed by atoms with Crippen molar-refractivity contribution in [3.63, 3.8) is 0 Å². The SMILES string of the molecule is O=C1COc2ccc(Cl)cc2CN1Cc1ccccc1. The van der Waals surface area contributed by atoms with Crippen molar-refractivity contribution in [3.05, 3.63) is 64.7 Å². The Morgan fingerprint density at radius 2 is 1.95 bits per heavy atom. The molecule has 0 aromatic heterocycles. The van der Waals surface area contributed by atoms with Gasteiger partial charge in [0.25, 0.3) is 5.91 Å². The molecule has 0 unspecified atom stereocenters. The lowest BCUT2D eigenvalue weighted by Gasteiger charge is -2.20. The van der Waals surface area contributed by atoms with Gasteiger partial charge in [0.05, 0.1) is 0 Å². The van der Waals surface area contributed by atoms with E-state index in [9.17, 15) is 4.79 Å². The summed E-state index contributed by atoms with van der Waals surface area (Å²) in [6, 6.07) is 15.4. The van der Waals surface area contributed by atoms with Crippen molar-refractivity contribution in [1.82, 2.24) is 4.90 Å². The van der Waals surface area contributed by atoms with Gasteiger partial charge in [-0.1, -0.05) is 41.9 Å². The first-order valence-electron chi connectivity index (χ1n) is 6.45. The maximum atomic E-state index is 12.1. The Hall–Kier alpha value is -2.00. The van der Waals surface area contributed by atoms with Crippen molar-refractivity contribution >= 4 is 17.5 Å². The molecule has 0 bridgehead atoms. The van der Waals surface area contributed by atoms with Gasteiger partial charge in [-0.3, -0.25) is 4.79 Å². The van der Waals surface area contributed by atoms with E-state index in [1.165, 1.54) is 0 Å². The molecule has 1 amide bonds. The van der Waals surface area contributed by atoms with Crippen LogP contribution in [0.3, 0.4) is 0 Å². The Morgan fingerprint density at radius 3 is 2.75 bits per heavy atom. The van der Waals surface area contributed by atoms with E-state index in [1.54, 1.807) is 11.0 Å². The predicted molar refractivity (Wildman–Crippen MR) is 77.6 cm³/mol. The summed E-state index contributed by atoms with van der Waals surface area (Å²) in [5, 5.41) is 0.654. The number of ether oxygens (including phenoxy) is 1. The zero-order valence-electron chi connectivity index (χ0n) is 10.9. The molecule has 0 atom stereocenters. The zero-order chi connectivity index (χ0) is 13.9. The third-order valence-electron chi connectivity index (χ3n) is 3.30. The van der Waals surface area contributed by atoms with Gasteiger partial charge in [-0.25, -0.2) is 0 Å². The molecule has 0 saturated heterocycles. The van der Waals surface area contributed by atoms with Crippen LogP contribution in [0.4, 0.5) is 0 Å². The number of fused-ring (bicyclic) bond motifs is 1. The molecule has 4 heteroatoms. The number of carbonyl (C=O) groups excluding carboxylic acids is 1. The van der Waals surface area contributed by atoms with Gasteiger partial charge in [0, 0.05) is 23.7 Å². The summed E-state index contributed by atoms with van der Waals surface area (Å²) in [7, 11) is 0. The highest BCUT2D eigenvalue weighted by Crippen LogP contribution is 2.27. The lowest BCUT2D eigenvalue weighted by Crippen LogP contribution is -2.31. The van der Waals surface area contributed by atoms with E-state index in [2.05, 4.69) is 0 Å². The molecule has 0 N–H and O–H groups in total. The maximum Gasteiger partial charge on any atom is 0.261 e. The second-order valence-corrected chi connectivity index (χ2v) is 5.21. The summed E-state index contributed by atoms with van der Waals surface area (Å²) >= 11 is 6.02. The lowest BCUT2D eigenvalue weighted by molar-refractivity contribution is -0.133. The normalized spacial score (nSPS) is 14.4. The number of rotatable bonds is 2. The molecular formula is C16H14ClNO2. The standard InChI is InChI=1S/C16H14ClNO2/c17-14-6-7-15-13(8-14)10-18(16(19)11-20-15)9-12-4-2-1-3-5-12/h1-8H,9-11H2. The topological polar surface area (TPSA) is 29.5 Å². The number of carbonyl (C=O) groups is 1. The zero-order valence-corrected chi connectivity index (χ0v) is 11.6. The van der Waals surface area contributed by atoms with Gasteiger partial charge >= 0.3 is 0 Å². The maximum absolute atomic E-state index is 12.1. The van der Waals surface area contributed by atoms with Crippen molar-refractivity contribution in [2.75, 3.05) is 6.61 Å². The molecular weight excluding hydrogens is 274 g/mol. The molecule has 2 aromatic rings. The van der Waals surface area contributed by atoms with Crippen molar-refractivity contribution in [2.45, 2.75) is 13.1 Å². The summed E-state index contributed by atoms with van der Waals surface area (Å²) in [6.07, 6.45) is 0. The van der Waals surface area contributed by atoms with E-state index < -0.39 is 0 Å². The molecule has 0 spiro atoms. The van der Waals surface area contributed by atoms with Crippen LogP contribution in [0.15, 0.2) is 48.5 Å². The van der Waals surface area contributed by atoms with Crippen LogP contribution in [-0.2, 0) is 17.9 Å². The number of hydrogen-bond acceptors (Lipinski definition) is 2. The van der Waals surface area contributed by atoms with Gasteiger partial charge < -0.3 is 9.64 Å². The molecule has 1 aliphatic heterocycles. The first kappa shape index (κ1) is 13.0. The monoisotopic (exact) mass is 287 g/mol. The van der Waals surface area contributed by atoms with Crippen molar-refractivity contribution in [2.24, 2.45) is 0 Å². The highest BCUT2D eigenvalue weighted by molar-refractivity contribution is 6.30. The van der Waals surface area contributed by atoms with Crippen LogP contribution < -0.4 is 4.74 Å². The first-order chi connectivity index (χ1) is 9.72. The van der Waals surface area contributed by atoms with E-state index in [0.29, 0.717) is 18.1 Å². The van der Waals surface area contributed by atoms with Crippen LogP contribution in [0.5, 0.6) is 5.75 Å². The van der Waals surface area contributed by atoms with Crippen LogP contribution in [0.25, 0.3) is 0 Å². The lowest BCUT2D eigenvalue weighted by atomic mass is 10.1. The highest BCUT2D eigenvalue weighted by atomic mass is 35.5. The van der Waals surface area contributed by atoms with Crippen LogP contribution in [0.2, 0.25) is 5.02 Å². The number of amides is 1. The molecule has 0 radical (unpaired) electrons. The van der Waals surface area contributed by atoms with Crippen molar-refractivity contribution < 1.29 is 9.53 Å². The second kappa shape index (κ2) is 5.55. The van der Waals surface area contributed by atoms with E-state index in [0.717, 1.165) is 16.9 Å².